The summed E-state index contributed by atoms with van der Waals surface area (Å²) in [5, 5.41) is 10.9. The summed E-state index contributed by atoms with van der Waals surface area (Å²) in [6, 6.07) is 9.61. The first-order chi connectivity index (χ1) is 11.8. The van der Waals surface area contributed by atoms with Gasteiger partial charge in [0, 0.05) is 17.7 Å². The van der Waals surface area contributed by atoms with E-state index in [1.54, 1.807) is 12.1 Å². The van der Waals surface area contributed by atoms with Crippen LogP contribution < -0.4 is 40.4 Å². The summed E-state index contributed by atoms with van der Waals surface area (Å²) < 4.78 is 27.5. The van der Waals surface area contributed by atoms with E-state index >= 15 is 0 Å². The van der Waals surface area contributed by atoms with Crippen LogP contribution >= 0.6 is 0 Å². The summed E-state index contributed by atoms with van der Waals surface area (Å²) in [5.74, 6) is -2.51. The van der Waals surface area contributed by atoms with Gasteiger partial charge < -0.3 is 15.6 Å². The second-order valence-electron chi connectivity index (χ2n) is 6.18. The molecule has 2 aromatic carbocycles. The third kappa shape index (κ3) is 5.74. The van der Waals surface area contributed by atoms with Gasteiger partial charge in [-0.05, 0) is 41.2 Å². The molecule has 0 saturated carbocycles. The van der Waals surface area contributed by atoms with Crippen LogP contribution in [0.2, 0.25) is 0 Å². The Morgan fingerprint density at radius 2 is 1.88 bits per heavy atom. The van der Waals surface area contributed by atoms with E-state index in [9.17, 15) is 18.7 Å². The Morgan fingerprint density at radius 3 is 2.46 bits per heavy atom. The average Bonchev–Trinajstić information content (AvgIpc) is 2.56. The first-order valence-electron chi connectivity index (χ1n) is 8.02. The van der Waals surface area contributed by atoms with E-state index in [1.165, 1.54) is 6.07 Å². The minimum Gasteiger partial charge on any atom is -0.548 e. The van der Waals surface area contributed by atoms with Crippen LogP contribution in [0, 0.1) is 11.6 Å². The zero-order chi connectivity index (χ0) is 18.6. The van der Waals surface area contributed by atoms with E-state index in [0.29, 0.717) is 11.1 Å². The Bertz CT molecular complexity index is 806. The molecular weight excluding hydrogens is 347 g/mol. The van der Waals surface area contributed by atoms with Crippen LogP contribution in [-0.4, -0.2) is 12.0 Å². The van der Waals surface area contributed by atoms with Gasteiger partial charge in [0.1, 0.15) is 11.6 Å². The Balaban J connectivity index is 0.00000338. The molecule has 0 radical (unpaired) electrons. The molecule has 0 aromatic heterocycles. The average molecular weight is 367 g/mol. The zero-order valence-corrected chi connectivity index (χ0v) is 17.1. The van der Waals surface area contributed by atoms with E-state index in [1.807, 2.05) is 32.0 Å². The predicted molar refractivity (Wildman–Crippen MR) is 91.6 cm³/mol. The maximum absolute atomic E-state index is 14.3. The fraction of sp³-hybridized carbons (Fsp3) is 0.250. The van der Waals surface area contributed by atoms with E-state index in [2.05, 4.69) is 0 Å². The smallest absolute Gasteiger partial charge is 0.548 e. The first kappa shape index (κ1) is 22.5. The van der Waals surface area contributed by atoms with Crippen LogP contribution in [0.4, 0.5) is 8.78 Å². The molecule has 6 heteroatoms. The van der Waals surface area contributed by atoms with Gasteiger partial charge in [-0.1, -0.05) is 44.2 Å². The topological polar surface area (TPSA) is 66.2 Å². The van der Waals surface area contributed by atoms with Crippen LogP contribution in [0.5, 0.6) is 0 Å². The van der Waals surface area contributed by atoms with E-state index in [0.717, 1.165) is 17.7 Å². The van der Waals surface area contributed by atoms with Crippen molar-refractivity contribution < 1.29 is 48.2 Å². The van der Waals surface area contributed by atoms with Gasteiger partial charge in [0.15, 0.2) is 0 Å². The maximum atomic E-state index is 14.3. The standard InChI is InChI=1S/C20H21F2NO2.Na/c1-12(2)13-4-3-5-14(10-13)16(8-9-19(23)20(24)25)17-7-6-15(21)11-18(17)22;/h3-8,10-12,19H,9,23H2,1-2H3,(H,24,25);/q;+1/p-1/b16-8+;. The van der Waals surface area contributed by atoms with E-state index in [4.69, 9.17) is 5.73 Å². The summed E-state index contributed by atoms with van der Waals surface area (Å²) in [4.78, 5) is 10.9. The number of aliphatic carboxylic acids is 1. The molecule has 0 heterocycles. The van der Waals surface area contributed by atoms with Crippen molar-refractivity contribution in [2.75, 3.05) is 0 Å². The molecule has 26 heavy (non-hydrogen) atoms. The normalized spacial score (nSPS) is 12.6. The van der Waals surface area contributed by atoms with Crippen molar-refractivity contribution in [3.05, 3.63) is 76.9 Å². The molecule has 0 aliphatic rings. The summed E-state index contributed by atoms with van der Waals surface area (Å²) in [5.41, 5.74) is 7.92. The summed E-state index contributed by atoms with van der Waals surface area (Å²) in [6.45, 7) is 4.07. The maximum Gasteiger partial charge on any atom is 1.00 e. The summed E-state index contributed by atoms with van der Waals surface area (Å²) in [7, 11) is 0. The van der Waals surface area contributed by atoms with Gasteiger partial charge in [-0.15, -0.1) is 0 Å². The molecule has 3 nitrogen and oxygen atoms in total. The Kier molecular flexibility index (Phi) is 8.63. The minimum absolute atomic E-state index is 0. The Morgan fingerprint density at radius 1 is 1.19 bits per heavy atom. The van der Waals surface area contributed by atoms with Crippen LogP contribution in [0.3, 0.4) is 0 Å². The molecular formula is C20H20F2NNaO2. The van der Waals surface area contributed by atoms with Crippen LogP contribution in [0.1, 0.15) is 42.9 Å². The van der Waals surface area contributed by atoms with Crippen LogP contribution in [0.15, 0.2) is 48.5 Å². The van der Waals surface area contributed by atoms with Crippen molar-refractivity contribution in [3.63, 3.8) is 0 Å². The number of carboxylic acid groups (broad SMARTS) is 1. The summed E-state index contributed by atoms with van der Waals surface area (Å²) in [6.07, 6.45) is 1.52. The molecule has 1 atom stereocenters. The molecule has 2 rings (SSSR count). The number of carbonyl (C=O) groups is 1. The fourth-order valence-corrected chi connectivity index (χ4v) is 2.50. The fourth-order valence-electron chi connectivity index (χ4n) is 2.50. The van der Waals surface area contributed by atoms with Gasteiger partial charge >= 0.3 is 29.6 Å². The molecule has 132 valence electrons. The monoisotopic (exact) mass is 367 g/mol. The number of nitrogens with two attached hydrogens (primary N) is 1. The number of benzene rings is 2. The van der Waals surface area contributed by atoms with Crippen molar-refractivity contribution in [2.45, 2.75) is 32.2 Å². The number of carboxylic acids is 1. The van der Waals surface area contributed by atoms with Crippen LogP contribution in [0.25, 0.3) is 5.57 Å². The van der Waals surface area contributed by atoms with Gasteiger partial charge in [0.2, 0.25) is 0 Å². The Hall–Kier alpha value is -1.53. The number of hydrogen-bond donors (Lipinski definition) is 1. The number of rotatable bonds is 6. The van der Waals surface area contributed by atoms with Crippen molar-refractivity contribution in [1.29, 1.82) is 0 Å². The van der Waals surface area contributed by atoms with Gasteiger partial charge in [0.05, 0.1) is 5.97 Å². The molecule has 0 aliphatic carbocycles. The molecule has 0 amide bonds. The van der Waals surface area contributed by atoms with E-state index in [-0.39, 0.29) is 47.5 Å². The van der Waals surface area contributed by atoms with E-state index < -0.39 is 23.6 Å². The molecule has 0 aliphatic heterocycles. The van der Waals surface area contributed by atoms with Crippen molar-refractivity contribution in [1.82, 2.24) is 0 Å². The second kappa shape index (κ2) is 9.97. The molecule has 0 spiro atoms. The van der Waals surface area contributed by atoms with Gasteiger partial charge in [-0.3, -0.25) is 0 Å². The molecule has 0 fully saturated rings. The number of hydrogen-bond acceptors (Lipinski definition) is 3. The van der Waals surface area contributed by atoms with Gasteiger partial charge in [-0.25, -0.2) is 8.78 Å². The van der Waals surface area contributed by atoms with Crippen LogP contribution in [-0.2, 0) is 4.79 Å². The van der Waals surface area contributed by atoms with Gasteiger partial charge in [-0.2, -0.15) is 0 Å². The summed E-state index contributed by atoms with van der Waals surface area (Å²) >= 11 is 0. The molecule has 0 saturated heterocycles. The molecule has 2 aromatic rings. The second-order valence-corrected chi connectivity index (χ2v) is 6.18. The minimum atomic E-state index is -1.38. The predicted octanol–water partition coefficient (Wildman–Crippen LogP) is -0.00880. The SMILES string of the molecule is CC(C)c1cccc(/C(=C\CC(N)C(=O)[O-])c2ccc(F)cc2F)c1.[Na+]. The first-order valence-corrected chi connectivity index (χ1v) is 8.02. The largest absolute Gasteiger partial charge is 1.00 e. The van der Waals surface area contributed by atoms with Crippen molar-refractivity contribution in [2.24, 2.45) is 5.73 Å². The Labute approximate surface area is 174 Å². The zero-order valence-electron chi connectivity index (χ0n) is 15.1. The van der Waals surface area contributed by atoms with Crippen molar-refractivity contribution >= 4 is 11.5 Å². The molecule has 2 N–H and O–H groups in total. The third-order valence-electron chi connectivity index (χ3n) is 3.96. The van der Waals surface area contributed by atoms with Crippen molar-refractivity contribution in [3.8, 4) is 0 Å². The quantitative estimate of drug-likeness (QED) is 0.731. The number of halogens is 2. The third-order valence-corrected chi connectivity index (χ3v) is 3.96. The molecule has 0 bridgehead atoms. The number of carbonyl (C=O) groups excluding carboxylic acids is 1. The van der Waals surface area contributed by atoms with Gasteiger partial charge in [0.25, 0.3) is 0 Å². The molecule has 1 unspecified atom stereocenters.